The quantitative estimate of drug-likeness (QED) is 0.713. The second kappa shape index (κ2) is 8.27. The van der Waals surface area contributed by atoms with Gasteiger partial charge in [-0.1, -0.05) is 36.4 Å². The maximum Gasteiger partial charge on any atom is 0.255 e. The van der Waals surface area contributed by atoms with Crippen LogP contribution in [0.5, 0.6) is 11.5 Å². The predicted octanol–water partition coefficient (Wildman–Crippen LogP) is 3.65. The third kappa shape index (κ3) is 4.26. The van der Waals surface area contributed by atoms with E-state index in [-0.39, 0.29) is 12.5 Å². The van der Waals surface area contributed by atoms with Crippen molar-refractivity contribution in [1.29, 1.82) is 0 Å². The first kappa shape index (κ1) is 17.6. The van der Waals surface area contributed by atoms with E-state index in [0.717, 1.165) is 11.1 Å². The fraction of sp³-hybridized carbons (Fsp3) is 0.143. The van der Waals surface area contributed by atoms with Crippen LogP contribution in [-0.4, -0.2) is 22.5 Å². The molecule has 5 nitrogen and oxygen atoms in total. The molecule has 3 rings (SSSR count). The van der Waals surface area contributed by atoms with Gasteiger partial charge in [0.25, 0.3) is 5.91 Å². The predicted molar refractivity (Wildman–Crippen MR) is 99.2 cm³/mol. The van der Waals surface area contributed by atoms with E-state index >= 15 is 0 Å². The van der Waals surface area contributed by atoms with Crippen molar-refractivity contribution in [3.05, 3.63) is 89.7 Å². The molecule has 0 aliphatic heterocycles. The summed E-state index contributed by atoms with van der Waals surface area (Å²) in [5, 5.41) is 13.1. The van der Waals surface area contributed by atoms with Crippen LogP contribution in [0, 0.1) is 6.92 Å². The molecule has 2 N–H and O–H groups in total. The topological polar surface area (TPSA) is 71.5 Å². The molecule has 0 aliphatic rings. The number of para-hydroxylation sites is 1. The number of carbonyl (C=O) groups excluding carboxylic acids is 1. The van der Waals surface area contributed by atoms with Crippen molar-refractivity contribution in [1.82, 2.24) is 10.3 Å². The summed E-state index contributed by atoms with van der Waals surface area (Å²) < 4.78 is 5.76. The molecule has 5 heteroatoms. The van der Waals surface area contributed by atoms with Crippen molar-refractivity contribution >= 4 is 5.91 Å². The number of pyridine rings is 1. The van der Waals surface area contributed by atoms with E-state index in [4.69, 9.17) is 4.74 Å². The first-order valence-corrected chi connectivity index (χ1v) is 8.34. The van der Waals surface area contributed by atoms with Gasteiger partial charge in [0.1, 0.15) is 11.5 Å². The Morgan fingerprint density at radius 3 is 2.65 bits per heavy atom. The number of carbonyl (C=O) groups is 1. The lowest BCUT2D eigenvalue weighted by atomic mass is 10.0. The zero-order valence-corrected chi connectivity index (χ0v) is 14.4. The van der Waals surface area contributed by atoms with Gasteiger partial charge in [0.2, 0.25) is 0 Å². The van der Waals surface area contributed by atoms with Crippen LogP contribution < -0.4 is 10.1 Å². The van der Waals surface area contributed by atoms with E-state index in [0.29, 0.717) is 17.1 Å². The highest BCUT2D eigenvalue weighted by Crippen LogP contribution is 2.24. The SMILES string of the molecule is Cc1ccccc1C(O)CNC(=O)c1ccccc1Oc1cccnc1. The highest BCUT2D eigenvalue weighted by atomic mass is 16.5. The van der Waals surface area contributed by atoms with Crippen LogP contribution in [0.4, 0.5) is 0 Å². The highest BCUT2D eigenvalue weighted by molar-refractivity contribution is 5.97. The second-order valence-electron chi connectivity index (χ2n) is 5.87. The van der Waals surface area contributed by atoms with Gasteiger partial charge in [-0.25, -0.2) is 0 Å². The van der Waals surface area contributed by atoms with E-state index in [1.165, 1.54) is 0 Å². The summed E-state index contributed by atoms with van der Waals surface area (Å²) in [7, 11) is 0. The van der Waals surface area contributed by atoms with Gasteiger partial charge < -0.3 is 15.2 Å². The van der Waals surface area contributed by atoms with E-state index in [1.54, 1.807) is 48.8 Å². The molecule has 0 aliphatic carbocycles. The average Bonchev–Trinajstić information content (AvgIpc) is 2.67. The number of aliphatic hydroxyl groups excluding tert-OH is 1. The van der Waals surface area contributed by atoms with Crippen molar-refractivity contribution in [2.75, 3.05) is 6.54 Å². The normalized spacial score (nSPS) is 11.6. The van der Waals surface area contributed by atoms with Crippen LogP contribution in [-0.2, 0) is 0 Å². The summed E-state index contributed by atoms with van der Waals surface area (Å²) in [5.41, 5.74) is 2.18. The number of nitrogens with one attached hydrogen (secondary N) is 1. The Labute approximate surface area is 152 Å². The number of ether oxygens (including phenoxy) is 1. The summed E-state index contributed by atoms with van der Waals surface area (Å²) >= 11 is 0. The Hall–Kier alpha value is -3.18. The molecule has 1 amide bonds. The Kier molecular flexibility index (Phi) is 5.61. The average molecular weight is 348 g/mol. The molecule has 1 atom stereocenters. The van der Waals surface area contributed by atoms with Gasteiger partial charge in [0.15, 0.2) is 0 Å². The van der Waals surface area contributed by atoms with Gasteiger partial charge in [0.05, 0.1) is 17.9 Å². The summed E-state index contributed by atoms with van der Waals surface area (Å²) in [6, 6.07) is 18.1. The molecule has 26 heavy (non-hydrogen) atoms. The van der Waals surface area contributed by atoms with Crippen LogP contribution >= 0.6 is 0 Å². The number of rotatable bonds is 6. The fourth-order valence-corrected chi connectivity index (χ4v) is 2.63. The Morgan fingerprint density at radius 1 is 1.12 bits per heavy atom. The third-order valence-electron chi connectivity index (χ3n) is 4.00. The molecule has 1 heterocycles. The molecule has 3 aromatic rings. The lowest BCUT2D eigenvalue weighted by Gasteiger charge is -2.15. The van der Waals surface area contributed by atoms with Crippen LogP contribution in [0.25, 0.3) is 0 Å². The van der Waals surface area contributed by atoms with Crippen LogP contribution in [0.15, 0.2) is 73.1 Å². The molecular weight excluding hydrogens is 328 g/mol. The molecule has 0 bridgehead atoms. The number of aliphatic hydroxyl groups is 1. The minimum absolute atomic E-state index is 0.116. The van der Waals surface area contributed by atoms with E-state index in [1.807, 2.05) is 31.2 Å². The molecule has 2 aromatic carbocycles. The molecule has 1 unspecified atom stereocenters. The summed E-state index contributed by atoms with van der Waals surface area (Å²) in [6.45, 7) is 2.04. The Morgan fingerprint density at radius 2 is 1.88 bits per heavy atom. The zero-order chi connectivity index (χ0) is 18.4. The van der Waals surface area contributed by atoms with Crippen molar-refractivity contribution in [3.8, 4) is 11.5 Å². The second-order valence-corrected chi connectivity index (χ2v) is 5.87. The smallest absolute Gasteiger partial charge is 0.255 e. The maximum atomic E-state index is 12.6. The lowest BCUT2D eigenvalue weighted by Crippen LogP contribution is -2.28. The van der Waals surface area contributed by atoms with Crippen LogP contribution in [0.3, 0.4) is 0 Å². The van der Waals surface area contributed by atoms with E-state index in [9.17, 15) is 9.90 Å². The van der Waals surface area contributed by atoms with Gasteiger partial charge in [-0.15, -0.1) is 0 Å². The Bertz CT molecular complexity index is 881. The van der Waals surface area contributed by atoms with Gasteiger partial charge in [-0.2, -0.15) is 0 Å². The zero-order valence-electron chi connectivity index (χ0n) is 14.4. The van der Waals surface area contributed by atoms with E-state index in [2.05, 4.69) is 10.3 Å². The third-order valence-corrected chi connectivity index (χ3v) is 4.00. The van der Waals surface area contributed by atoms with Crippen molar-refractivity contribution in [3.63, 3.8) is 0 Å². The monoisotopic (exact) mass is 348 g/mol. The first-order chi connectivity index (χ1) is 12.6. The minimum atomic E-state index is -0.772. The first-order valence-electron chi connectivity index (χ1n) is 8.34. The number of benzene rings is 2. The van der Waals surface area contributed by atoms with Crippen molar-refractivity contribution in [2.24, 2.45) is 0 Å². The Balaban J connectivity index is 1.69. The molecule has 0 radical (unpaired) electrons. The van der Waals surface area contributed by atoms with Crippen molar-refractivity contribution in [2.45, 2.75) is 13.0 Å². The molecule has 1 aromatic heterocycles. The van der Waals surface area contributed by atoms with Crippen molar-refractivity contribution < 1.29 is 14.6 Å². The summed E-state index contributed by atoms with van der Waals surface area (Å²) in [5.74, 6) is 0.674. The molecular formula is C21H20N2O3. The number of amides is 1. The van der Waals surface area contributed by atoms with E-state index < -0.39 is 6.10 Å². The van der Waals surface area contributed by atoms with Crippen LogP contribution in [0.2, 0.25) is 0 Å². The lowest BCUT2D eigenvalue weighted by molar-refractivity contribution is 0.0913. The molecule has 0 fully saturated rings. The molecule has 0 spiro atoms. The number of nitrogens with zero attached hydrogens (tertiary/aromatic N) is 1. The number of aryl methyl sites for hydroxylation is 1. The number of hydrogen-bond donors (Lipinski definition) is 2. The number of hydrogen-bond acceptors (Lipinski definition) is 4. The molecule has 0 saturated heterocycles. The highest BCUT2D eigenvalue weighted by Gasteiger charge is 2.16. The number of aromatic nitrogens is 1. The van der Waals surface area contributed by atoms with Gasteiger partial charge in [-0.05, 0) is 42.3 Å². The van der Waals surface area contributed by atoms with Gasteiger partial charge >= 0.3 is 0 Å². The largest absolute Gasteiger partial charge is 0.455 e. The van der Waals surface area contributed by atoms with Gasteiger partial charge in [-0.3, -0.25) is 9.78 Å². The minimum Gasteiger partial charge on any atom is -0.455 e. The maximum absolute atomic E-state index is 12.6. The fourth-order valence-electron chi connectivity index (χ4n) is 2.63. The van der Waals surface area contributed by atoms with Gasteiger partial charge in [0, 0.05) is 12.7 Å². The summed E-state index contributed by atoms with van der Waals surface area (Å²) in [4.78, 5) is 16.6. The van der Waals surface area contributed by atoms with Crippen LogP contribution in [0.1, 0.15) is 27.6 Å². The molecule has 0 saturated carbocycles. The standard InChI is InChI=1S/C21H20N2O3/c1-15-7-2-3-9-17(15)19(24)14-23-21(25)18-10-4-5-11-20(18)26-16-8-6-12-22-13-16/h2-13,19,24H,14H2,1H3,(H,23,25). The summed E-state index contributed by atoms with van der Waals surface area (Å²) in [6.07, 6.45) is 2.46. The molecule has 132 valence electrons.